The molecular weight excluding hydrogens is 509 g/mol. The maximum absolute atomic E-state index is 14.9. The van der Waals surface area contributed by atoms with Gasteiger partial charge in [-0.25, -0.2) is 27.5 Å². The van der Waals surface area contributed by atoms with E-state index >= 15 is 0 Å². The Bertz CT molecular complexity index is 1420. The molecule has 0 radical (unpaired) electrons. The lowest BCUT2D eigenvalue weighted by atomic mass is 10.1. The number of fused-ring (bicyclic) bond motifs is 1. The van der Waals surface area contributed by atoms with Crippen LogP contribution in [0.1, 0.15) is 43.9 Å². The highest BCUT2D eigenvalue weighted by atomic mass is 19.3. The quantitative estimate of drug-likeness (QED) is 0.254. The molecule has 10 heteroatoms. The SMILES string of the molecule is CC(C)(C)OC(=O)NCc1ccc(-c2ncnn3cc(CCC(F)(F)COCc4ccccc4)cc23)cc1F. The first-order chi connectivity index (χ1) is 18.5. The number of aromatic nitrogens is 3. The van der Waals surface area contributed by atoms with Crippen LogP contribution in [0.3, 0.4) is 0 Å². The third-order valence-corrected chi connectivity index (χ3v) is 5.82. The van der Waals surface area contributed by atoms with Gasteiger partial charge in [0.2, 0.25) is 0 Å². The van der Waals surface area contributed by atoms with E-state index in [1.54, 1.807) is 45.2 Å². The summed E-state index contributed by atoms with van der Waals surface area (Å²) in [5.41, 5.74) is 2.62. The lowest BCUT2D eigenvalue weighted by Crippen LogP contribution is -2.32. The topological polar surface area (TPSA) is 77.8 Å². The fourth-order valence-electron chi connectivity index (χ4n) is 3.95. The van der Waals surface area contributed by atoms with Gasteiger partial charge in [0.1, 0.15) is 24.4 Å². The Morgan fingerprint density at radius 2 is 1.82 bits per heavy atom. The van der Waals surface area contributed by atoms with Crippen molar-refractivity contribution in [3.8, 4) is 11.3 Å². The number of nitrogens with zero attached hydrogens (tertiary/aromatic N) is 3. The minimum absolute atomic E-state index is 0.0429. The van der Waals surface area contributed by atoms with Gasteiger partial charge in [-0.2, -0.15) is 5.10 Å². The van der Waals surface area contributed by atoms with Gasteiger partial charge >= 0.3 is 6.09 Å². The molecule has 4 aromatic rings. The number of halogens is 3. The lowest BCUT2D eigenvalue weighted by molar-refractivity contribution is -0.0862. The number of alkyl carbamates (subject to hydrolysis) is 1. The van der Waals surface area contributed by atoms with Crippen LogP contribution in [0, 0.1) is 5.82 Å². The second-order valence-electron chi connectivity index (χ2n) is 10.3. The third kappa shape index (κ3) is 8.03. The number of alkyl halides is 2. The number of ether oxygens (including phenoxy) is 2. The van der Waals surface area contributed by atoms with E-state index in [0.29, 0.717) is 22.3 Å². The standard InChI is InChI=1S/C29H31F3N4O3/c1-28(2,3)39-27(37)33-15-23-10-9-22(14-24(23)30)26-25-13-21(16-36(25)35-19-34-26)11-12-29(31,32)18-38-17-20-7-5-4-6-8-20/h4-10,13-14,16,19H,11-12,15,17-18H2,1-3H3,(H,33,37). The molecule has 206 valence electrons. The van der Waals surface area contributed by atoms with Crippen LogP contribution in [0.25, 0.3) is 16.8 Å². The van der Waals surface area contributed by atoms with Crippen molar-refractivity contribution in [2.75, 3.05) is 6.61 Å². The Morgan fingerprint density at radius 3 is 2.54 bits per heavy atom. The zero-order valence-corrected chi connectivity index (χ0v) is 22.1. The maximum atomic E-state index is 14.9. The zero-order valence-electron chi connectivity index (χ0n) is 22.1. The average molecular weight is 541 g/mol. The smallest absolute Gasteiger partial charge is 0.407 e. The van der Waals surface area contributed by atoms with E-state index in [9.17, 15) is 18.0 Å². The van der Waals surface area contributed by atoms with Crippen LogP contribution in [0.2, 0.25) is 0 Å². The van der Waals surface area contributed by atoms with Gasteiger partial charge in [0.25, 0.3) is 5.92 Å². The molecule has 0 saturated heterocycles. The summed E-state index contributed by atoms with van der Waals surface area (Å²) in [7, 11) is 0. The van der Waals surface area contributed by atoms with E-state index < -0.39 is 36.5 Å². The monoisotopic (exact) mass is 540 g/mol. The molecule has 1 N–H and O–H groups in total. The predicted molar refractivity (Wildman–Crippen MR) is 141 cm³/mol. The van der Waals surface area contributed by atoms with E-state index in [4.69, 9.17) is 9.47 Å². The predicted octanol–water partition coefficient (Wildman–Crippen LogP) is 6.34. The maximum Gasteiger partial charge on any atom is 0.407 e. The van der Waals surface area contributed by atoms with Crippen molar-refractivity contribution in [2.45, 2.75) is 58.3 Å². The molecule has 0 bridgehead atoms. The summed E-state index contributed by atoms with van der Waals surface area (Å²) in [6, 6.07) is 15.5. The molecule has 0 spiro atoms. The second-order valence-corrected chi connectivity index (χ2v) is 10.3. The Morgan fingerprint density at radius 1 is 1.05 bits per heavy atom. The summed E-state index contributed by atoms with van der Waals surface area (Å²) in [6.07, 6.45) is 2.06. The highest BCUT2D eigenvalue weighted by Gasteiger charge is 2.29. The van der Waals surface area contributed by atoms with Crippen LogP contribution in [-0.4, -0.2) is 38.8 Å². The molecule has 0 aliphatic heterocycles. The summed E-state index contributed by atoms with van der Waals surface area (Å²) < 4.78 is 55.7. The summed E-state index contributed by atoms with van der Waals surface area (Å²) in [5.74, 6) is -3.52. The first-order valence-corrected chi connectivity index (χ1v) is 12.6. The second kappa shape index (κ2) is 11.9. The molecule has 0 saturated carbocycles. The normalized spacial score (nSPS) is 12.1. The molecule has 0 fully saturated rings. The molecule has 0 aliphatic carbocycles. The van der Waals surface area contributed by atoms with Crippen molar-refractivity contribution < 1.29 is 27.4 Å². The summed E-state index contributed by atoms with van der Waals surface area (Å²) in [5, 5.41) is 6.71. The molecule has 2 heterocycles. The van der Waals surface area contributed by atoms with Crippen molar-refractivity contribution in [1.82, 2.24) is 19.9 Å². The zero-order chi connectivity index (χ0) is 28.0. The van der Waals surface area contributed by atoms with Gasteiger partial charge in [-0.15, -0.1) is 0 Å². The highest BCUT2D eigenvalue weighted by molar-refractivity contribution is 5.77. The number of amides is 1. The first kappa shape index (κ1) is 28.1. The molecule has 0 aliphatic rings. The molecule has 2 aromatic carbocycles. The van der Waals surface area contributed by atoms with Gasteiger partial charge < -0.3 is 14.8 Å². The molecule has 4 rings (SSSR count). The Kier molecular flexibility index (Phi) is 8.54. The van der Waals surface area contributed by atoms with Crippen molar-refractivity contribution in [1.29, 1.82) is 0 Å². The Hall–Kier alpha value is -3.92. The molecule has 2 aromatic heterocycles. The number of nitrogens with one attached hydrogen (secondary N) is 1. The number of hydrogen-bond acceptors (Lipinski definition) is 5. The van der Waals surface area contributed by atoms with Crippen molar-refractivity contribution in [3.63, 3.8) is 0 Å². The Labute approximate surface area is 225 Å². The molecule has 0 unspecified atom stereocenters. The largest absolute Gasteiger partial charge is 0.444 e. The van der Waals surface area contributed by atoms with Gasteiger partial charge in [0.05, 0.1) is 17.8 Å². The first-order valence-electron chi connectivity index (χ1n) is 12.6. The van der Waals surface area contributed by atoms with Crippen LogP contribution < -0.4 is 5.32 Å². The minimum atomic E-state index is -3.00. The average Bonchev–Trinajstić information content (AvgIpc) is 3.30. The molecule has 0 atom stereocenters. The fraction of sp³-hybridized carbons (Fsp3) is 0.345. The summed E-state index contributed by atoms with van der Waals surface area (Å²) in [4.78, 5) is 16.2. The van der Waals surface area contributed by atoms with E-state index in [2.05, 4.69) is 15.4 Å². The Balaban J connectivity index is 1.40. The number of hydrogen-bond donors (Lipinski definition) is 1. The molecular formula is C29H31F3N4O3. The van der Waals surface area contributed by atoms with Gasteiger partial charge in [-0.05, 0) is 50.5 Å². The molecule has 7 nitrogen and oxygen atoms in total. The van der Waals surface area contributed by atoms with Crippen LogP contribution in [0.15, 0.2) is 67.1 Å². The summed E-state index contributed by atoms with van der Waals surface area (Å²) in [6.45, 7) is 4.63. The number of rotatable bonds is 10. The van der Waals surface area contributed by atoms with Crippen LogP contribution in [-0.2, 0) is 29.0 Å². The van der Waals surface area contributed by atoms with Gasteiger partial charge in [-0.3, -0.25) is 0 Å². The van der Waals surface area contributed by atoms with E-state index in [0.717, 1.165) is 5.56 Å². The van der Waals surface area contributed by atoms with Gasteiger partial charge in [0, 0.05) is 30.3 Å². The van der Waals surface area contributed by atoms with Crippen molar-refractivity contribution in [2.24, 2.45) is 0 Å². The van der Waals surface area contributed by atoms with Crippen LogP contribution >= 0.6 is 0 Å². The van der Waals surface area contributed by atoms with E-state index in [-0.39, 0.29) is 25.1 Å². The van der Waals surface area contributed by atoms with Gasteiger partial charge in [-0.1, -0.05) is 42.5 Å². The molecule has 39 heavy (non-hydrogen) atoms. The number of carbonyl (C=O) groups is 1. The fourth-order valence-corrected chi connectivity index (χ4v) is 3.95. The van der Waals surface area contributed by atoms with Crippen LogP contribution in [0.5, 0.6) is 0 Å². The molecule has 1 amide bonds. The summed E-state index contributed by atoms with van der Waals surface area (Å²) >= 11 is 0. The third-order valence-electron chi connectivity index (χ3n) is 5.82. The van der Waals surface area contributed by atoms with Gasteiger partial charge in [0.15, 0.2) is 0 Å². The van der Waals surface area contributed by atoms with E-state index in [1.807, 2.05) is 30.3 Å². The minimum Gasteiger partial charge on any atom is -0.444 e. The van der Waals surface area contributed by atoms with E-state index in [1.165, 1.54) is 16.9 Å². The number of aryl methyl sites for hydroxylation is 1. The van der Waals surface area contributed by atoms with Crippen molar-refractivity contribution in [3.05, 3.63) is 89.6 Å². The van der Waals surface area contributed by atoms with Crippen molar-refractivity contribution >= 4 is 11.6 Å². The number of carbonyl (C=O) groups excluding carboxylic acids is 1. The highest BCUT2D eigenvalue weighted by Crippen LogP contribution is 2.27. The van der Waals surface area contributed by atoms with Crippen LogP contribution in [0.4, 0.5) is 18.0 Å². The number of benzene rings is 2. The lowest BCUT2D eigenvalue weighted by Gasteiger charge is -2.19.